The second kappa shape index (κ2) is 5.91. The topological polar surface area (TPSA) is 66.4 Å². The quantitative estimate of drug-likeness (QED) is 0.877. The van der Waals surface area contributed by atoms with Crippen LogP contribution in [0.2, 0.25) is 0 Å². The molecule has 0 heterocycles. The van der Waals surface area contributed by atoms with Crippen LogP contribution in [-0.4, -0.2) is 26.2 Å². The smallest absolute Gasteiger partial charge is 0.241 e. The van der Waals surface area contributed by atoms with Crippen molar-refractivity contribution >= 4 is 26.0 Å². The highest BCUT2D eigenvalue weighted by Gasteiger charge is 2.27. The monoisotopic (exact) mass is 347 g/mol. The van der Waals surface area contributed by atoms with E-state index in [4.69, 9.17) is 0 Å². The van der Waals surface area contributed by atoms with Crippen LogP contribution in [0.15, 0.2) is 27.6 Å². The number of aliphatic hydroxyl groups is 1. The zero-order valence-corrected chi connectivity index (χ0v) is 13.2. The van der Waals surface area contributed by atoms with Crippen molar-refractivity contribution < 1.29 is 13.5 Å². The lowest BCUT2D eigenvalue weighted by molar-refractivity contribution is 0.134. The molecule has 2 atom stereocenters. The summed E-state index contributed by atoms with van der Waals surface area (Å²) in [5, 5.41) is 9.71. The summed E-state index contributed by atoms with van der Waals surface area (Å²) in [6, 6.07) is 5.15. The number of halogens is 1. The molecule has 1 aromatic rings. The van der Waals surface area contributed by atoms with E-state index in [1.165, 1.54) is 0 Å². The molecule has 1 fully saturated rings. The van der Waals surface area contributed by atoms with E-state index in [0.29, 0.717) is 11.0 Å². The minimum atomic E-state index is -3.53. The Morgan fingerprint density at radius 1 is 1.42 bits per heavy atom. The molecule has 2 rings (SSSR count). The Kier molecular flexibility index (Phi) is 4.66. The standard InChI is InChI=1S/C13H18BrNO3S/c1-9-4-2-7-12(13(9)14)19(17,18)15-8-10-5-3-6-11(10)16/h2,4,7,10-11,15-16H,3,5-6,8H2,1H3/t10-,11+/m0/s1. The number of hydrogen-bond donors (Lipinski definition) is 2. The summed E-state index contributed by atoms with van der Waals surface area (Å²) in [5.74, 6) is 0.0263. The normalized spacial score (nSPS) is 23.7. The third kappa shape index (κ3) is 3.37. The van der Waals surface area contributed by atoms with Crippen LogP contribution in [0.4, 0.5) is 0 Å². The molecule has 0 aliphatic heterocycles. The van der Waals surface area contributed by atoms with Gasteiger partial charge in [-0.1, -0.05) is 18.6 Å². The van der Waals surface area contributed by atoms with E-state index in [1.807, 2.05) is 13.0 Å². The minimum Gasteiger partial charge on any atom is -0.393 e. The van der Waals surface area contributed by atoms with Gasteiger partial charge in [-0.25, -0.2) is 13.1 Å². The molecule has 1 saturated carbocycles. The van der Waals surface area contributed by atoms with Gasteiger partial charge in [-0.3, -0.25) is 0 Å². The first kappa shape index (κ1) is 15.0. The number of benzene rings is 1. The van der Waals surface area contributed by atoms with E-state index in [2.05, 4.69) is 20.7 Å². The SMILES string of the molecule is Cc1cccc(S(=O)(=O)NC[C@@H]2CCC[C@H]2O)c1Br. The van der Waals surface area contributed by atoms with E-state index < -0.39 is 10.0 Å². The fourth-order valence-electron chi connectivity index (χ4n) is 2.38. The van der Waals surface area contributed by atoms with Crippen LogP contribution >= 0.6 is 15.9 Å². The molecule has 1 aliphatic rings. The first-order valence-corrected chi connectivity index (χ1v) is 8.62. The third-order valence-corrected chi connectivity index (χ3v) is 6.38. The Morgan fingerprint density at radius 2 is 2.16 bits per heavy atom. The Labute approximate surface area is 122 Å². The van der Waals surface area contributed by atoms with Crippen molar-refractivity contribution in [1.29, 1.82) is 0 Å². The summed E-state index contributed by atoms with van der Waals surface area (Å²) >= 11 is 3.31. The van der Waals surface area contributed by atoms with Crippen molar-refractivity contribution in [2.75, 3.05) is 6.54 Å². The number of aliphatic hydroxyl groups excluding tert-OH is 1. The van der Waals surface area contributed by atoms with Gasteiger partial charge in [0.05, 0.1) is 11.0 Å². The van der Waals surface area contributed by atoms with Gasteiger partial charge in [0.25, 0.3) is 0 Å². The molecular formula is C13H18BrNO3S. The number of sulfonamides is 1. The van der Waals surface area contributed by atoms with E-state index in [-0.39, 0.29) is 16.9 Å². The summed E-state index contributed by atoms with van der Waals surface area (Å²) in [4.78, 5) is 0.250. The lowest BCUT2D eigenvalue weighted by Crippen LogP contribution is -2.32. The van der Waals surface area contributed by atoms with Crippen LogP contribution in [0.5, 0.6) is 0 Å². The largest absolute Gasteiger partial charge is 0.393 e. The molecule has 0 radical (unpaired) electrons. The summed E-state index contributed by atoms with van der Waals surface area (Å²) in [6.07, 6.45) is 2.21. The predicted octanol–water partition coefficient (Wildman–Crippen LogP) is 2.20. The maximum absolute atomic E-state index is 12.2. The number of hydrogen-bond acceptors (Lipinski definition) is 3. The Balaban J connectivity index is 2.12. The third-order valence-electron chi connectivity index (χ3n) is 3.60. The molecule has 1 aromatic carbocycles. The van der Waals surface area contributed by atoms with Crippen molar-refractivity contribution in [1.82, 2.24) is 4.72 Å². The van der Waals surface area contributed by atoms with Crippen molar-refractivity contribution in [2.24, 2.45) is 5.92 Å². The first-order chi connectivity index (χ1) is 8.92. The van der Waals surface area contributed by atoms with Gasteiger partial charge in [0.1, 0.15) is 0 Å². The molecule has 0 aromatic heterocycles. The molecule has 0 amide bonds. The van der Waals surface area contributed by atoms with Crippen LogP contribution in [0, 0.1) is 12.8 Å². The van der Waals surface area contributed by atoms with Gasteiger partial charge in [-0.05, 0) is 53.2 Å². The molecule has 106 valence electrons. The zero-order chi connectivity index (χ0) is 14.0. The first-order valence-electron chi connectivity index (χ1n) is 6.34. The highest BCUT2D eigenvalue weighted by Crippen LogP contribution is 2.27. The number of nitrogens with one attached hydrogen (secondary N) is 1. The summed E-state index contributed by atoms with van der Waals surface area (Å²) in [5.41, 5.74) is 0.878. The molecular weight excluding hydrogens is 330 g/mol. The molecule has 0 saturated heterocycles. The second-order valence-electron chi connectivity index (χ2n) is 5.00. The molecule has 1 aliphatic carbocycles. The highest BCUT2D eigenvalue weighted by molar-refractivity contribution is 9.10. The van der Waals surface area contributed by atoms with Crippen LogP contribution in [0.25, 0.3) is 0 Å². The Morgan fingerprint density at radius 3 is 2.79 bits per heavy atom. The van der Waals surface area contributed by atoms with Gasteiger partial charge < -0.3 is 5.11 Å². The van der Waals surface area contributed by atoms with Gasteiger partial charge in [0.2, 0.25) is 10.0 Å². The second-order valence-corrected chi connectivity index (χ2v) is 7.53. The highest BCUT2D eigenvalue weighted by atomic mass is 79.9. The van der Waals surface area contributed by atoms with Crippen LogP contribution in [0.1, 0.15) is 24.8 Å². The zero-order valence-electron chi connectivity index (χ0n) is 10.8. The van der Waals surface area contributed by atoms with Crippen LogP contribution in [-0.2, 0) is 10.0 Å². The van der Waals surface area contributed by atoms with Crippen LogP contribution in [0.3, 0.4) is 0 Å². The molecule has 0 spiro atoms. The molecule has 6 heteroatoms. The van der Waals surface area contributed by atoms with E-state index in [0.717, 1.165) is 24.8 Å². The van der Waals surface area contributed by atoms with Gasteiger partial charge in [0.15, 0.2) is 0 Å². The Hall–Kier alpha value is -0.430. The Bertz CT molecular complexity index is 559. The van der Waals surface area contributed by atoms with Gasteiger partial charge in [0, 0.05) is 11.0 Å². The van der Waals surface area contributed by atoms with E-state index in [9.17, 15) is 13.5 Å². The number of aryl methyl sites for hydroxylation is 1. The fraction of sp³-hybridized carbons (Fsp3) is 0.538. The average molecular weight is 348 g/mol. The van der Waals surface area contributed by atoms with E-state index in [1.54, 1.807) is 12.1 Å². The summed E-state index contributed by atoms with van der Waals surface area (Å²) in [7, 11) is -3.53. The molecule has 0 unspecified atom stereocenters. The van der Waals surface area contributed by atoms with Gasteiger partial charge >= 0.3 is 0 Å². The van der Waals surface area contributed by atoms with Crippen molar-refractivity contribution in [3.63, 3.8) is 0 Å². The molecule has 2 N–H and O–H groups in total. The molecule has 19 heavy (non-hydrogen) atoms. The van der Waals surface area contributed by atoms with Crippen LogP contribution < -0.4 is 4.72 Å². The van der Waals surface area contributed by atoms with Crippen molar-refractivity contribution in [2.45, 2.75) is 37.2 Å². The summed E-state index contributed by atoms with van der Waals surface area (Å²) < 4.78 is 27.7. The molecule has 4 nitrogen and oxygen atoms in total. The fourth-order valence-corrected chi connectivity index (χ4v) is 4.53. The van der Waals surface area contributed by atoms with Gasteiger partial charge in [-0.2, -0.15) is 0 Å². The lowest BCUT2D eigenvalue weighted by atomic mass is 10.1. The molecule has 0 bridgehead atoms. The number of rotatable bonds is 4. The van der Waals surface area contributed by atoms with E-state index >= 15 is 0 Å². The van der Waals surface area contributed by atoms with Gasteiger partial charge in [-0.15, -0.1) is 0 Å². The maximum atomic E-state index is 12.2. The summed E-state index contributed by atoms with van der Waals surface area (Å²) in [6.45, 7) is 2.15. The minimum absolute atomic E-state index is 0.0263. The van der Waals surface area contributed by atoms with Crippen molar-refractivity contribution in [3.8, 4) is 0 Å². The maximum Gasteiger partial charge on any atom is 0.241 e. The van der Waals surface area contributed by atoms with Crippen molar-refractivity contribution in [3.05, 3.63) is 28.2 Å². The lowest BCUT2D eigenvalue weighted by Gasteiger charge is -2.16. The predicted molar refractivity (Wildman–Crippen MR) is 77.4 cm³/mol. The average Bonchev–Trinajstić information content (AvgIpc) is 2.76.